The number of methoxy groups -OCH3 is 1. The lowest BCUT2D eigenvalue weighted by atomic mass is 10.1. The highest BCUT2D eigenvalue weighted by molar-refractivity contribution is 5.78. The van der Waals surface area contributed by atoms with Crippen LogP contribution in [-0.2, 0) is 19.1 Å². The van der Waals surface area contributed by atoms with Crippen molar-refractivity contribution in [2.24, 2.45) is 0 Å². The van der Waals surface area contributed by atoms with Crippen LogP contribution in [0.3, 0.4) is 0 Å². The van der Waals surface area contributed by atoms with Gasteiger partial charge in [0.15, 0.2) is 0 Å². The van der Waals surface area contributed by atoms with E-state index in [1.165, 1.54) is 14.0 Å². The van der Waals surface area contributed by atoms with E-state index in [4.69, 9.17) is 4.74 Å². The van der Waals surface area contributed by atoms with Gasteiger partial charge in [-0.3, -0.25) is 4.79 Å². The molecule has 0 N–H and O–H groups in total. The SMILES string of the molecule is COC(=O)[C@H](C/C=C/c1ccccc1)OC(C)=O. The van der Waals surface area contributed by atoms with E-state index in [-0.39, 0.29) is 0 Å². The number of hydrogen-bond acceptors (Lipinski definition) is 4. The lowest BCUT2D eigenvalue weighted by Gasteiger charge is -2.12. The van der Waals surface area contributed by atoms with Gasteiger partial charge in [0.25, 0.3) is 0 Å². The maximum Gasteiger partial charge on any atom is 0.347 e. The number of esters is 2. The molecule has 0 heterocycles. The van der Waals surface area contributed by atoms with E-state index in [1.807, 2.05) is 36.4 Å². The first-order valence-corrected chi connectivity index (χ1v) is 5.60. The summed E-state index contributed by atoms with van der Waals surface area (Å²) in [4.78, 5) is 22.2. The van der Waals surface area contributed by atoms with E-state index < -0.39 is 18.0 Å². The largest absolute Gasteiger partial charge is 0.466 e. The maximum atomic E-state index is 11.4. The molecule has 0 amide bonds. The molecule has 18 heavy (non-hydrogen) atoms. The number of hydrogen-bond donors (Lipinski definition) is 0. The van der Waals surface area contributed by atoms with Crippen LogP contribution in [-0.4, -0.2) is 25.2 Å². The van der Waals surface area contributed by atoms with Gasteiger partial charge in [-0.15, -0.1) is 0 Å². The molecule has 1 rings (SSSR count). The Hall–Kier alpha value is -2.10. The standard InChI is InChI=1S/C14H16O4/c1-11(15)18-13(14(16)17-2)10-6-9-12-7-4-3-5-8-12/h3-9,13H,10H2,1-2H3/b9-6+/t13-/m0/s1. The van der Waals surface area contributed by atoms with Crippen LogP contribution in [0.1, 0.15) is 18.9 Å². The number of ether oxygens (including phenoxy) is 2. The quantitative estimate of drug-likeness (QED) is 0.749. The normalized spacial score (nSPS) is 12.1. The van der Waals surface area contributed by atoms with Crippen LogP contribution in [0, 0.1) is 0 Å². The van der Waals surface area contributed by atoms with Crippen LogP contribution in [0.2, 0.25) is 0 Å². The summed E-state index contributed by atoms with van der Waals surface area (Å²) in [5, 5.41) is 0. The van der Waals surface area contributed by atoms with Gasteiger partial charge in [0.2, 0.25) is 6.10 Å². The van der Waals surface area contributed by atoms with Gasteiger partial charge < -0.3 is 9.47 Å². The Balaban J connectivity index is 2.59. The highest BCUT2D eigenvalue weighted by atomic mass is 16.6. The lowest BCUT2D eigenvalue weighted by molar-refractivity contribution is -0.164. The van der Waals surface area contributed by atoms with Crippen LogP contribution in [0.15, 0.2) is 36.4 Å². The van der Waals surface area contributed by atoms with E-state index in [9.17, 15) is 9.59 Å². The zero-order valence-electron chi connectivity index (χ0n) is 10.5. The van der Waals surface area contributed by atoms with Crippen molar-refractivity contribution < 1.29 is 19.1 Å². The van der Waals surface area contributed by atoms with Gasteiger partial charge >= 0.3 is 11.9 Å². The minimum atomic E-state index is -0.882. The first kappa shape index (κ1) is 14.0. The molecule has 0 aliphatic rings. The van der Waals surface area contributed by atoms with Gasteiger partial charge in [-0.1, -0.05) is 42.5 Å². The summed E-state index contributed by atoms with van der Waals surface area (Å²) >= 11 is 0. The summed E-state index contributed by atoms with van der Waals surface area (Å²) < 4.78 is 9.44. The Labute approximate surface area is 106 Å². The van der Waals surface area contributed by atoms with Gasteiger partial charge in [-0.25, -0.2) is 4.79 Å². The van der Waals surface area contributed by atoms with Crippen LogP contribution >= 0.6 is 0 Å². The fourth-order valence-corrected chi connectivity index (χ4v) is 1.42. The average Bonchev–Trinajstić information content (AvgIpc) is 2.37. The summed E-state index contributed by atoms with van der Waals surface area (Å²) in [6, 6.07) is 9.64. The molecule has 0 aliphatic heterocycles. The molecule has 96 valence electrons. The average molecular weight is 248 g/mol. The zero-order chi connectivity index (χ0) is 13.4. The van der Waals surface area contributed by atoms with Crippen molar-refractivity contribution in [2.75, 3.05) is 7.11 Å². The highest BCUT2D eigenvalue weighted by Crippen LogP contribution is 2.07. The van der Waals surface area contributed by atoms with Crippen molar-refractivity contribution in [1.29, 1.82) is 0 Å². The summed E-state index contributed by atoms with van der Waals surface area (Å²) in [6.45, 7) is 1.26. The smallest absolute Gasteiger partial charge is 0.347 e. The summed E-state index contributed by atoms with van der Waals surface area (Å²) in [5.41, 5.74) is 1.02. The molecular weight excluding hydrogens is 232 g/mol. The van der Waals surface area contributed by atoms with Gasteiger partial charge in [0.1, 0.15) is 0 Å². The van der Waals surface area contributed by atoms with E-state index >= 15 is 0 Å². The molecule has 1 aromatic rings. The van der Waals surface area contributed by atoms with Crippen molar-refractivity contribution in [3.63, 3.8) is 0 Å². The molecule has 0 bridgehead atoms. The highest BCUT2D eigenvalue weighted by Gasteiger charge is 2.20. The number of carbonyl (C=O) groups excluding carboxylic acids is 2. The number of carbonyl (C=O) groups is 2. The topological polar surface area (TPSA) is 52.6 Å². The molecule has 0 unspecified atom stereocenters. The second-order valence-electron chi connectivity index (χ2n) is 3.67. The van der Waals surface area contributed by atoms with Gasteiger partial charge in [-0.2, -0.15) is 0 Å². The third kappa shape index (κ3) is 4.82. The van der Waals surface area contributed by atoms with Crippen molar-refractivity contribution >= 4 is 18.0 Å². The predicted molar refractivity (Wildman–Crippen MR) is 67.7 cm³/mol. The Morgan fingerprint density at radius 3 is 2.50 bits per heavy atom. The Morgan fingerprint density at radius 2 is 1.94 bits per heavy atom. The maximum absolute atomic E-state index is 11.4. The van der Waals surface area contributed by atoms with Crippen molar-refractivity contribution in [3.05, 3.63) is 42.0 Å². The molecule has 0 saturated carbocycles. The fraction of sp³-hybridized carbons (Fsp3) is 0.286. The number of benzene rings is 1. The third-order valence-corrected chi connectivity index (χ3v) is 2.23. The van der Waals surface area contributed by atoms with Crippen LogP contribution in [0.4, 0.5) is 0 Å². The van der Waals surface area contributed by atoms with Crippen LogP contribution in [0.25, 0.3) is 6.08 Å². The summed E-state index contributed by atoms with van der Waals surface area (Å²) in [7, 11) is 1.26. The predicted octanol–water partition coefficient (Wildman–Crippen LogP) is 2.19. The summed E-state index contributed by atoms with van der Waals surface area (Å²) in [6.07, 6.45) is 3.05. The van der Waals surface area contributed by atoms with Gasteiger partial charge in [0, 0.05) is 13.3 Å². The van der Waals surface area contributed by atoms with Gasteiger partial charge in [0.05, 0.1) is 7.11 Å². The zero-order valence-corrected chi connectivity index (χ0v) is 10.5. The van der Waals surface area contributed by atoms with Crippen LogP contribution < -0.4 is 0 Å². The Bertz CT molecular complexity index is 423. The van der Waals surface area contributed by atoms with Gasteiger partial charge in [-0.05, 0) is 5.56 Å². The fourth-order valence-electron chi connectivity index (χ4n) is 1.42. The van der Waals surface area contributed by atoms with E-state index in [2.05, 4.69) is 4.74 Å². The molecule has 0 spiro atoms. The monoisotopic (exact) mass is 248 g/mol. The molecule has 0 aromatic heterocycles. The molecule has 4 nitrogen and oxygen atoms in total. The molecule has 0 saturated heterocycles. The second kappa shape index (κ2) is 7.27. The first-order valence-electron chi connectivity index (χ1n) is 5.60. The second-order valence-corrected chi connectivity index (χ2v) is 3.67. The van der Waals surface area contributed by atoms with E-state index in [1.54, 1.807) is 6.08 Å². The molecule has 1 atom stereocenters. The number of rotatable bonds is 5. The molecular formula is C14H16O4. The molecule has 0 aliphatic carbocycles. The Kier molecular flexibility index (Phi) is 5.64. The van der Waals surface area contributed by atoms with Crippen molar-refractivity contribution in [3.8, 4) is 0 Å². The third-order valence-electron chi connectivity index (χ3n) is 2.23. The molecule has 0 fully saturated rings. The first-order chi connectivity index (χ1) is 8.63. The Morgan fingerprint density at radius 1 is 1.28 bits per heavy atom. The minimum Gasteiger partial charge on any atom is -0.466 e. The molecule has 1 aromatic carbocycles. The summed E-state index contributed by atoms with van der Waals surface area (Å²) in [5.74, 6) is -1.05. The molecule has 0 radical (unpaired) electrons. The van der Waals surface area contributed by atoms with E-state index in [0.29, 0.717) is 6.42 Å². The van der Waals surface area contributed by atoms with Crippen molar-refractivity contribution in [1.82, 2.24) is 0 Å². The minimum absolute atomic E-state index is 0.293. The lowest BCUT2D eigenvalue weighted by Crippen LogP contribution is -2.26. The van der Waals surface area contributed by atoms with Crippen LogP contribution in [0.5, 0.6) is 0 Å². The van der Waals surface area contributed by atoms with Crippen molar-refractivity contribution in [2.45, 2.75) is 19.4 Å². The van der Waals surface area contributed by atoms with E-state index in [0.717, 1.165) is 5.56 Å². The molecule has 4 heteroatoms.